The van der Waals surface area contributed by atoms with Crippen molar-refractivity contribution in [2.24, 2.45) is 0 Å². The van der Waals surface area contributed by atoms with E-state index in [1.165, 1.54) is 29.8 Å². The van der Waals surface area contributed by atoms with Crippen LogP contribution >= 0.6 is 0 Å². The highest BCUT2D eigenvalue weighted by atomic mass is 16.6. The Hall–Kier alpha value is -5.51. The van der Waals surface area contributed by atoms with Crippen LogP contribution in [0, 0.1) is 20.8 Å². The number of hydrogen-bond acceptors (Lipinski definition) is 9. The minimum Gasteiger partial charge on any atom is -0.507 e. The normalized spacial score (nSPS) is 21.2. The van der Waals surface area contributed by atoms with E-state index in [0.717, 1.165) is 5.56 Å². The molecule has 1 aromatic heterocycles. The number of benzene rings is 4. The van der Waals surface area contributed by atoms with Gasteiger partial charge in [-0.1, -0.05) is 17.7 Å². The zero-order chi connectivity index (χ0) is 31.9. The van der Waals surface area contributed by atoms with Crippen molar-refractivity contribution in [1.29, 1.82) is 0 Å². The lowest BCUT2D eigenvalue weighted by atomic mass is 9.63. The fourth-order valence-corrected chi connectivity index (χ4v) is 8.08. The molecular weight excluding hydrogens is 578 g/mol. The molecule has 1 aliphatic heterocycles. The third-order valence-electron chi connectivity index (χ3n) is 9.74. The summed E-state index contributed by atoms with van der Waals surface area (Å²) in [6, 6.07) is 9.81. The molecule has 2 heterocycles. The van der Waals surface area contributed by atoms with Gasteiger partial charge in [0, 0.05) is 40.7 Å². The first-order valence-corrected chi connectivity index (χ1v) is 14.4. The lowest BCUT2D eigenvalue weighted by Gasteiger charge is -2.44. The molecule has 0 fully saturated rings. The van der Waals surface area contributed by atoms with E-state index in [1.54, 1.807) is 26.0 Å². The van der Waals surface area contributed by atoms with Crippen LogP contribution in [0.1, 0.15) is 66.9 Å². The van der Waals surface area contributed by atoms with Gasteiger partial charge in [-0.2, -0.15) is 0 Å². The van der Waals surface area contributed by atoms with Crippen LogP contribution < -0.4 is 10.9 Å². The molecule has 224 valence electrons. The summed E-state index contributed by atoms with van der Waals surface area (Å²) in [4.78, 5) is 68.9. The minimum atomic E-state index is -1.63. The van der Waals surface area contributed by atoms with Gasteiger partial charge in [0.2, 0.25) is 5.88 Å². The maximum Gasteiger partial charge on any atom is 0.342 e. The van der Waals surface area contributed by atoms with Crippen molar-refractivity contribution in [3.05, 3.63) is 108 Å². The van der Waals surface area contributed by atoms with E-state index in [9.17, 15) is 34.2 Å². The number of phenols is 1. The second-order valence-corrected chi connectivity index (χ2v) is 12.3. The van der Waals surface area contributed by atoms with Crippen LogP contribution in [-0.2, 0) is 19.7 Å². The molecule has 10 heteroatoms. The van der Waals surface area contributed by atoms with Crippen molar-refractivity contribution in [2.45, 2.75) is 45.1 Å². The van der Waals surface area contributed by atoms with Gasteiger partial charge in [-0.15, -0.1) is 0 Å². The van der Waals surface area contributed by atoms with Gasteiger partial charge in [-0.3, -0.25) is 23.7 Å². The molecule has 5 aromatic rings. The number of ketones is 1. The van der Waals surface area contributed by atoms with Crippen LogP contribution in [-0.4, -0.2) is 45.2 Å². The number of aryl methyl sites for hydroxylation is 3. The molecular formula is C35H25NO9. The van der Waals surface area contributed by atoms with Gasteiger partial charge in [-0.25, -0.2) is 4.79 Å². The van der Waals surface area contributed by atoms with Crippen molar-refractivity contribution in [3.8, 4) is 17.3 Å². The van der Waals surface area contributed by atoms with Crippen LogP contribution in [0.3, 0.4) is 0 Å². The van der Waals surface area contributed by atoms with Crippen LogP contribution in [0.2, 0.25) is 0 Å². The van der Waals surface area contributed by atoms with Gasteiger partial charge in [-0.05, 0) is 72.7 Å². The Labute approximate surface area is 254 Å². The van der Waals surface area contributed by atoms with E-state index < -0.39 is 58.4 Å². The number of rotatable bonds is 2. The summed E-state index contributed by atoms with van der Waals surface area (Å²) in [5, 5.41) is 23.1. The number of ether oxygens (including phenoxy) is 2. The number of phenolic OH excluding ortho intramolecular Hbond substituents is 1. The summed E-state index contributed by atoms with van der Waals surface area (Å²) < 4.78 is 12.9. The van der Waals surface area contributed by atoms with Gasteiger partial charge in [0.1, 0.15) is 24.0 Å². The number of carbonyl (C=O) groups excluding carboxylic acids is 3. The summed E-state index contributed by atoms with van der Waals surface area (Å²) in [5.74, 6) is -4.05. The van der Waals surface area contributed by atoms with E-state index in [0.29, 0.717) is 22.2 Å². The molecule has 8 rings (SSSR count). The van der Waals surface area contributed by atoms with E-state index in [-0.39, 0.29) is 49.9 Å². The first-order chi connectivity index (χ1) is 21.4. The van der Waals surface area contributed by atoms with Crippen molar-refractivity contribution >= 4 is 39.3 Å². The molecule has 0 saturated carbocycles. The monoisotopic (exact) mass is 603 g/mol. The number of nitrogens with zero attached hydrogens (tertiary/aromatic N) is 1. The molecule has 0 unspecified atom stereocenters. The molecule has 2 N–H and O–H groups in total. The van der Waals surface area contributed by atoms with Crippen molar-refractivity contribution in [1.82, 2.24) is 4.57 Å². The third-order valence-corrected chi connectivity index (χ3v) is 9.74. The number of carbonyl (C=O) groups is 3. The predicted molar refractivity (Wildman–Crippen MR) is 162 cm³/mol. The molecule has 10 nitrogen and oxygen atoms in total. The molecule has 0 saturated heterocycles. The number of hydrogen-bond donors (Lipinski definition) is 2. The lowest BCUT2D eigenvalue weighted by molar-refractivity contribution is -0.150. The van der Waals surface area contributed by atoms with Crippen molar-refractivity contribution in [2.75, 3.05) is 6.61 Å². The second kappa shape index (κ2) is 8.56. The number of cyclic esters (lactones) is 1. The lowest BCUT2D eigenvalue weighted by Crippen LogP contribution is -2.55. The van der Waals surface area contributed by atoms with E-state index in [2.05, 4.69) is 0 Å². The van der Waals surface area contributed by atoms with Gasteiger partial charge >= 0.3 is 11.9 Å². The number of fused-ring (bicyclic) bond motifs is 4. The Morgan fingerprint density at radius 2 is 1.64 bits per heavy atom. The molecule has 3 aliphatic rings. The maximum atomic E-state index is 15.0. The average Bonchev–Trinajstić information content (AvgIpc) is 3.18. The summed E-state index contributed by atoms with van der Waals surface area (Å²) >= 11 is 0. The second-order valence-electron chi connectivity index (χ2n) is 12.3. The highest BCUT2D eigenvalue weighted by molar-refractivity contribution is 6.19. The zero-order valence-electron chi connectivity index (χ0n) is 24.6. The molecule has 1 spiro atoms. The molecule has 0 radical (unpaired) electrons. The SMILES string of the molecule is CC(=O)O[C@H]1[C@@H]2C(=O)c3c(C)cc(O)c4c3[C@@]1(COC4=O)c1c2c2c(C)cc(=O)c3c(O)n(-c4ccc(C)cc4)cc(c1=O)c23. The molecule has 4 aromatic carbocycles. The Balaban J connectivity index is 1.63. The Bertz CT molecular complexity index is 2370. The number of pyridine rings is 1. The quantitative estimate of drug-likeness (QED) is 0.286. The topological polar surface area (TPSA) is 149 Å². The predicted octanol–water partition coefficient (Wildman–Crippen LogP) is 3.96. The van der Waals surface area contributed by atoms with E-state index >= 15 is 0 Å². The maximum absolute atomic E-state index is 15.0. The fourth-order valence-electron chi connectivity index (χ4n) is 8.08. The highest BCUT2D eigenvalue weighted by Gasteiger charge is 2.67. The summed E-state index contributed by atoms with van der Waals surface area (Å²) in [6.45, 7) is 5.98. The molecule has 3 atom stereocenters. The van der Waals surface area contributed by atoms with Crippen LogP contribution in [0.5, 0.6) is 11.6 Å². The summed E-state index contributed by atoms with van der Waals surface area (Å²) in [7, 11) is 0. The van der Waals surface area contributed by atoms with Crippen LogP contribution in [0.15, 0.2) is 52.2 Å². The number of aromatic nitrogens is 1. The van der Waals surface area contributed by atoms with Crippen molar-refractivity contribution < 1.29 is 34.1 Å². The highest BCUT2D eigenvalue weighted by Crippen LogP contribution is 2.61. The number of aromatic hydroxyl groups is 2. The Kier molecular flexibility index (Phi) is 5.15. The Morgan fingerprint density at radius 3 is 2.33 bits per heavy atom. The molecule has 2 bridgehead atoms. The summed E-state index contributed by atoms with van der Waals surface area (Å²) in [5.41, 5.74) is -0.0339. The standard InChI is InChI=1S/C35H25NO9/c1-13-5-7-17(8-6-13)36-11-18-23-21(14(2)9-19(38)24(23)33(36)42)26-27-31(41)22-15(3)10-20(39)25-28(22)35(12-44-34(25)43,29(26)30(18)40)32(27)45-16(4)37/h5-11,27,32,39,42H,12H2,1-4H3/t27-,32-,35-/m0/s1. The van der Waals surface area contributed by atoms with Gasteiger partial charge in [0.25, 0.3) is 0 Å². The van der Waals surface area contributed by atoms with E-state index in [4.69, 9.17) is 9.47 Å². The van der Waals surface area contributed by atoms with Gasteiger partial charge in [0.05, 0.1) is 16.7 Å². The third kappa shape index (κ3) is 3.10. The summed E-state index contributed by atoms with van der Waals surface area (Å²) in [6.07, 6.45) is 0.175. The average molecular weight is 604 g/mol. The van der Waals surface area contributed by atoms with Crippen LogP contribution in [0.4, 0.5) is 0 Å². The largest absolute Gasteiger partial charge is 0.507 e. The fraction of sp³-hybridized carbons (Fsp3) is 0.229. The molecule has 2 aliphatic carbocycles. The van der Waals surface area contributed by atoms with Gasteiger partial charge in [0.15, 0.2) is 16.6 Å². The smallest absolute Gasteiger partial charge is 0.342 e. The zero-order valence-corrected chi connectivity index (χ0v) is 24.6. The van der Waals surface area contributed by atoms with Gasteiger partial charge < -0.3 is 19.7 Å². The van der Waals surface area contributed by atoms with Crippen LogP contribution in [0.25, 0.3) is 27.2 Å². The minimum absolute atomic E-state index is 0.0887. The molecule has 0 amide bonds. The van der Waals surface area contributed by atoms with E-state index in [1.807, 2.05) is 19.1 Å². The number of esters is 2. The first-order valence-electron chi connectivity index (χ1n) is 14.4. The number of Topliss-reactive ketones (excluding diaryl/α,β-unsaturated/α-hetero) is 1. The van der Waals surface area contributed by atoms with Crippen molar-refractivity contribution in [3.63, 3.8) is 0 Å². The Morgan fingerprint density at radius 1 is 0.933 bits per heavy atom. The molecule has 45 heavy (non-hydrogen) atoms. The first kappa shape index (κ1) is 27.1.